The van der Waals surface area contributed by atoms with Gasteiger partial charge in [-0.1, -0.05) is 37.3 Å². The maximum absolute atomic E-state index is 13.0. The van der Waals surface area contributed by atoms with Crippen LogP contribution in [0.3, 0.4) is 0 Å². The monoisotopic (exact) mass is 407 g/mol. The highest BCUT2D eigenvalue weighted by Gasteiger charge is 2.31. The van der Waals surface area contributed by atoms with E-state index >= 15 is 0 Å². The zero-order valence-corrected chi connectivity index (χ0v) is 17.8. The second-order valence-electron chi connectivity index (χ2n) is 8.06. The first-order valence-electron chi connectivity index (χ1n) is 10.5. The second kappa shape index (κ2) is 10.8. The van der Waals surface area contributed by atoms with E-state index in [0.29, 0.717) is 6.04 Å². The molecule has 2 saturated heterocycles. The van der Waals surface area contributed by atoms with Gasteiger partial charge in [-0.2, -0.15) is 0 Å². The lowest BCUT2D eigenvalue weighted by molar-refractivity contribution is -0.134. The second-order valence-corrected chi connectivity index (χ2v) is 8.06. The zero-order chi connectivity index (χ0) is 19.2. The number of carbonyl (C=O) groups excluding carboxylic acids is 2. The molecule has 0 aromatic heterocycles. The Morgan fingerprint density at radius 1 is 1.18 bits per heavy atom. The van der Waals surface area contributed by atoms with Gasteiger partial charge in [-0.15, -0.1) is 12.4 Å². The molecule has 0 aliphatic carbocycles. The molecule has 1 aromatic carbocycles. The Bertz CT molecular complexity index is 632. The van der Waals surface area contributed by atoms with Crippen molar-refractivity contribution in [2.75, 3.05) is 19.6 Å². The van der Waals surface area contributed by atoms with Crippen LogP contribution in [-0.2, 0) is 9.59 Å². The molecule has 0 radical (unpaired) electrons. The van der Waals surface area contributed by atoms with Crippen LogP contribution in [0.4, 0.5) is 0 Å². The molecule has 1 aromatic rings. The van der Waals surface area contributed by atoms with Crippen molar-refractivity contribution in [3.05, 3.63) is 35.9 Å². The van der Waals surface area contributed by atoms with Gasteiger partial charge in [-0.25, -0.2) is 0 Å². The number of piperidine rings is 2. The molecule has 1 unspecified atom stereocenters. The van der Waals surface area contributed by atoms with Crippen molar-refractivity contribution in [1.29, 1.82) is 0 Å². The Morgan fingerprint density at radius 3 is 2.46 bits per heavy atom. The maximum atomic E-state index is 13.0. The fourth-order valence-electron chi connectivity index (χ4n) is 4.39. The maximum Gasteiger partial charge on any atom is 0.230 e. The van der Waals surface area contributed by atoms with E-state index in [0.717, 1.165) is 57.3 Å². The van der Waals surface area contributed by atoms with Crippen molar-refractivity contribution < 1.29 is 9.59 Å². The number of likely N-dealkylation sites (tertiary alicyclic amines) is 1. The number of halogens is 1. The van der Waals surface area contributed by atoms with Crippen molar-refractivity contribution in [3.8, 4) is 0 Å². The summed E-state index contributed by atoms with van der Waals surface area (Å²) in [7, 11) is 0. The molecule has 156 valence electrons. The molecule has 3 atom stereocenters. The lowest BCUT2D eigenvalue weighted by Crippen LogP contribution is -2.50. The first-order chi connectivity index (χ1) is 13.1. The molecule has 0 spiro atoms. The fourth-order valence-corrected chi connectivity index (χ4v) is 4.39. The van der Waals surface area contributed by atoms with Gasteiger partial charge in [-0.05, 0) is 51.1 Å². The van der Waals surface area contributed by atoms with E-state index in [2.05, 4.69) is 24.5 Å². The zero-order valence-electron chi connectivity index (χ0n) is 17.0. The molecule has 5 nitrogen and oxygen atoms in total. The minimum Gasteiger partial charge on any atom is -0.353 e. The van der Waals surface area contributed by atoms with Crippen molar-refractivity contribution in [2.45, 2.75) is 64.0 Å². The number of rotatable bonds is 5. The molecule has 6 heteroatoms. The quantitative estimate of drug-likeness (QED) is 0.788. The van der Waals surface area contributed by atoms with Crippen LogP contribution in [0.15, 0.2) is 30.3 Å². The minimum absolute atomic E-state index is 0. The Kier molecular flexibility index (Phi) is 8.77. The fraction of sp³-hybridized carbons (Fsp3) is 0.636. The molecular weight excluding hydrogens is 374 g/mol. The van der Waals surface area contributed by atoms with Crippen LogP contribution in [0.25, 0.3) is 0 Å². The van der Waals surface area contributed by atoms with E-state index in [9.17, 15) is 9.59 Å². The lowest BCUT2D eigenvalue weighted by atomic mass is 9.91. The summed E-state index contributed by atoms with van der Waals surface area (Å²) in [4.78, 5) is 27.5. The smallest absolute Gasteiger partial charge is 0.230 e. The molecular formula is C22H34ClN3O2. The highest BCUT2D eigenvalue weighted by Crippen LogP contribution is 2.24. The molecule has 2 heterocycles. The van der Waals surface area contributed by atoms with Crippen LogP contribution < -0.4 is 10.6 Å². The van der Waals surface area contributed by atoms with Gasteiger partial charge in [0.2, 0.25) is 11.8 Å². The number of benzene rings is 1. The molecule has 0 saturated carbocycles. The average Bonchev–Trinajstić information content (AvgIpc) is 2.70. The van der Waals surface area contributed by atoms with Gasteiger partial charge in [0, 0.05) is 31.1 Å². The van der Waals surface area contributed by atoms with Crippen LogP contribution in [0.2, 0.25) is 0 Å². The van der Waals surface area contributed by atoms with E-state index in [-0.39, 0.29) is 42.1 Å². The molecule has 2 fully saturated rings. The molecule has 2 amide bonds. The highest BCUT2D eigenvalue weighted by molar-refractivity contribution is 5.85. The van der Waals surface area contributed by atoms with Crippen LogP contribution in [-0.4, -0.2) is 48.4 Å². The first-order valence-corrected chi connectivity index (χ1v) is 10.5. The van der Waals surface area contributed by atoms with Gasteiger partial charge < -0.3 is 15.5 Å². The number of nitrogens with one attached hydrogen (secondary N) is 2. The summed E-state index contributed by atoms with van der Waals surface area (Å²) >= 11 is 0. The van der Waals surface area contributed by atoms with Crippen LogP contribution in [0.1, 0.15) is 57.4 Å². The number of hydrogen-bond acceptors (Lipinski definition) is 3. The molecule has 0 bridgehead atoms. The summed E-state index contributed by atoms with van der Waals surface area (Å²) in [6.45, 7) is 6.60. The number of carbonyl (C=O) groups is 2. The van der Waals surface area contributed by atoms with E-state index < -0.39 is 0 Å². The Morgan fingerprint density at radius 2 is 1.86 bits per heavy atom. The number of nitrogens with zero attached hydrogens (tertiary/aromatic N) is 1. The minimum atomic E-state index is -0.0615. The normalized spacial score (nSPS) is 24.1. The topological polar surface area (TPSA) is 61.4 Å². The van der Waals surface area contributed by atoms with Crippen molar-refractivity contribution >= 4 is 24.2 Å². The van der Waals surface area contributed by atoms with Crippen molar-refractivity contribution in [1.82, 2.24) is 15.5 Å². The van der Waals surface area contributed by atoms with Gasteiger partial charge in [0.25, 0.3) is 0 Å². The van der Waals surface area contributed by atoms with E-state index in [1.165, 1.54) is 0 Å². The van der Waals surface area contributed by atoms with Crippen molar-refractivity contribution in [2.24, 2.45) is 5.92 Å². The third kappa shape index (κ3) is 5.71. The van der Waals surface area contributed by atoms with Gasteiger partial charge in [0.1, 0.15) is 0 Å². The van der Waals surface area contributed by atoms with Gasteiger partial charge in [0.15, 0.2) is 0 Å². The summed E-state index contributed by atoms with van der Waals surface area (Å²) in [6.07, 6.45) is 4.35. The predicted molar refractivity (Wildman–Crippen MR) is 115 cm³/mol. The third-order valence-electron chi connectivity index (χ3n) is 6.06. The highest BCUT2D eigenvalue weighted by atomic mass is 35.5. The lowest BCUT2D eigenvalue weighted by Gasteiger charge is -2.35. The summed E-state index contributed by atoms with van der Waals surface area (Å²) in [5.41, 5.74) is 1.10. The van der Waals surface area contributed by atoms with E-state index in [4.69, 9.17) is 0 Å². The Balaban J connectivity index is 0.00000280. The first kappa shape index (κ1) is 22.7. The van der Waals surface area contributed by atoms with Gasteiger partial charge in [0.05, 0.1) is 5.92 Å². The molecule has 2 N–H and O–H groups in total. The predicted octanol–water partition coefficient (Wildman–Crippen LogP) is 3.10. The standard InChI is InChI=1S/C22H33N3O2.ClH/c1-3-20(17-7-5-4-6-8-17)22(27)25-13-10-19(11-14-25)24-21(26)18-9-12-23-16(2)15-18;/h4-8,16,18-20,23H,3,9-15H2,1-2H3,(H,24,26);1H/t16-,18-,20?;/m0./s1. The summed E-state index contributed by atoms with van der Waals surface area (Å²) < 4.78 is 0. The molecule has 2 aliphatic rings. The SMILES string of the molecule is CCC(C(=O)N1CCC(NC(=O)[C@H]2CCN[C@@H](C)C2)CC1)c1ccccc1.Cl. The Labute approximate surface area is 175 Å². The molecule has 3 rings (SSSR count). The summed E-state index contributed by atoms with van der Waals surface area (Å²) in [6, 6.07) is 10.7. The number of hydrogen-bond donors (Lipinski definition) is 2. The van der Waals surface area contributed by atoms with Crippen LogP contribution >= 0.6 is 12.4 Å². The summed E-state index contributed by atoms with van der Waals surface area (Å²) in [5.74, 6) is 0.488. The summed E-state index contributed by atoms with van der Waals surface area (Å²) in [5, 5.41) is 6.63. The average molecular weight is 408 g/mol. The Hall–Kier alpha value is -1.59. The number of amides is 2. The molecule has 2 aliphatic heterocycles. The van der Waals surface area contributed by atoms with E-state index in [1.807, 2.05) is 35.2 Å². The van der Waals surface area contributed by atoms with Crippen LogP contribution in [0, 0.1) is 5.92 Å². The van der Waals surface area contributed by atoms with E-state index in [1.54, 1.807) is 0 Å². The van der Waals surface area contributed by atoms with Gasteiger partial charge >= 0.3 is 0 Å². The van der Waals surface area contributed by atoms with Crippen LogP contribution in [0.5, 0.6) is 0 Å². The molecule has 28 heavy (non-hydrogen) atoms. The van der Waals surface area contributed by atoms with Crippen molar-refractivity contribution in [3.63, 3.8) is 0 Å². The third-order valence-corrected chi connectivity index (χ3v) is 6.06. The largest absolute Gasteiger partial charge is 0.353 e. The van der Waals surface area contributed by atoms with Gasteiger partial charge in [-0.3, -0.25) is 9.59 Å².